The third kappa shape index (κ3) is 3.79. The fraction of sp³-hybridized carbons (Fsp3) is 1.00. The maximum atomic E-state index is 9.97. The number of ether oxygens (including phenoxy) is 2. The molecule has 5 unspecified atom stereocenters. The summed E-state index contributed by atoms with van der Waals surface area (Å²) in [5.74, 6) is 0. The van der Waals surface area contributed by atoms with E-state index in [-0.39, 0.29) is 11.6 Å². The Balaban J connectivity index is 2.68. The summed E-state index contributed by atoms with van der Waals surface area (Å²) in [4.78, 5) is 0. The molecule has 120 valence electrons. The maximum Gasteiger partial charge on any atom is 0.192 e. The van der Waals surface area contributed by atoms with E-state index in [0.29, 0.717) is 0 Å². The van der Waals surface area contributed by atoms with Crippen molar-refractivity contribution in [2.24, 2.45) is 0 Å². The molecule has 1 heterocycles. The molecule has 1 rings (SSSR count). The highest BCUT2D eigenvalue weighted by Gasteiger charge is 2.45. The zero-order chi connectivity index (χ0) is 15.7. The Bertz CT molecular complexity index is 314. The normalized spacial score (nSPS) is 36.1. The number of methoxy groups -OCH3 is 1. The molecule has 0 aromatic rings. The van der Waals surface area contributed by atoms with Crippen LogP contribution < -0.4 is 0 Å². The molecule has 1 aliphatic rings. The molecule has 0 aromatic carbocycles. The molecule has 1 aliphatic heterocycles. The second-order valence-electron chi connectivity index (χ2n) is 6.82. The van der Waals surface area contributed by atoms with E-state index in [1.165, 1.54) is 7.11 Å². The average molecular weight is 308 g/mol. The standard InChI is InChI=1S/C13H28O6Si/c1-13(2,3)20(5,6)18-7-8-9(14)10(15)11(16)12(17-4)19-8/h8-12,14-16H,7H2,1-6H3. The van der Waals surface area contributed by atoms with Gasteiger partial charge in [0.05, 0.1) is 6.61 Å². The lowest BCUT2D eigenvalue weighted by atomic mass is 9.99. The first-order chi connectivity index (χ1) is 9.01. The van der Waals surface area contributed by atoms with Crippen molar-refractivity contribution in [3.63, 3.8) is 0 Å². The van der Waals surface area contributed by atoms with Crippen molar-refractivity contribution in [2.75, 3.05) is 13.7 Å². The molecule has 3 N–H and O–H groups in total. The molecule has 0 spiro atoms. The van der Waals surface area contributed by atoms with Crippen LogP contribution in [-0.2, 0) is 13.9 Å². The number of aliphatic hydroxyl groups is 3. The molecule has 0 amide bonds. The smallest absolute Gasteiger partial charge is 0.192 e. The van der Waals surface area contributed by atoms with Crippen molar-refractivity contribution in [2.45, 2.75) is 69.6 Å². The van der Waals surface area contributed by atoms with Crippen LogP contribution >= 0.6 is 0 Å². The summed E-state index contributed by atoms with van der Waals surface area (Å²) < 4.78 is 16.4. The summed E-state index contributed by atoms with van der Waals surface area (Å²) in [5.41, 5.74) is 0. The van der Waals surface area contributed by atoms with Gasteiger partial charge in [-0.2, -0.15) is 0 Å². The van der Waals surface area contributed by atoms with Crippen molar-refractivity contribution in [3.8, 4) is 0 Å². The minimum atomic E-state index is -1.97. The average Bonchev–Trinajstić information content (AvgIpc) is 2.34. The molecule has 1 saturated heterocycles. The van der Waals surface area contributed by atoms with E-state index in [0.717, 1.165) is 0 Å². The number of aliphatic hydroxyl groups excluding tert-OH is 3. The van der Waals surface area contributed by atoms with Gasteiger partial charge in [-0.15, -0.1) is 0 Å². The summed E-state index contributed by atoms with van der Waals surface area (Å²) in [7, 11) is -0.587. The van der Waals surface area contributed by atoms with Gasteiger partial charge in [0, 0.05) is 7.11 Å². The van der Waals surface area contributed by atoms with Crippen LogP contribution in [0.4, 0.5) is 0 Å². The fourth-order valence-electron chi connectivity index (χ4n) is 1.76. The first kappa shape index (κ1) is 18.0. The molecule has 1 fully saturated rings. The van der Waals surface area contributed by atoms with Gasteiger partial charge in [0.25, 0.3) is 0 Å². The summed E-state index contributed by atoms with van der Waals surface area (Å²) >= 11 is 0. The van der Waals surface area contributed by atoms with Crippen molar-refractivity contribution >= 4 is 8.32 Å². The Kier molecular flexibility index (Phi) is 5.76. The first-order valence-electron chi connectivity index (χ1n) is 6.87. The van der Waals surface area contributed by atoms with Gasteiger partial charge in [0.15, 0.2) is 14.6 Å². The Hall–Kier alpha value is -0.0231. The quantitative estimate of drug-likeness (QED) is 0.654. The van der Waals surface area contributed by atoms with Crippen LogP contribution in [0.15, 0.2) is 0 Å². The molecule has 0 aromatic heterocycles. The van der Waals surface area contributed by atoms with E-state index in [9.17, 15) is 15.3 Å². The molecule has 7 heteroatoms. The zero-order valence-electron chi connectivity index (χ0n) is 13.2. The van der Waals surface area contributed by atoms with Crippen molar-refractivity contribution in [1.82, 2.24) is 0 Å². The third-order valence-corrected chi connectivity index (χ3v) is 8.82. The van der Waals surface area contributed by atoms with Gasteiger partial charge in [0.1, 0.15) is 24.4 Å². The molecule has 20 heavy (non-hydrogen) atoms. The fourth-order valence-corrected chi connectivity index (χ4v) is 2.77. The van der Waals surface area contributed by atoms with Gasteiger partial charge in [-0.05, 0) is 18.1 Å². The summed E-state index contributed by atoms with van der Waals surface area (Å²) in [5, 5.41) is 29.5. The topological polar surface area (TPSA) is 88.4 Å². The molecule has 0 saturated carbocycles. The van der Waals surface area contributed by atoms with E-state index in [2.05, 4.69) is 33.9 Å². The molecular weight excluding hydrogens is 280 g/mol. The third-order valence-electron chi connectivity index (χ3n) is 4.32. The number of hydrogen-bond donors (Lipinski definition) is 3. The van der Waals surface area contributed by atoms with Gasteiger partial charge in [-0.1, -0.05) is 20.8 Å². The molecule has 5 atom stereocenters. The van der Waals surface area contributed by atoms with Gasteiger partial charge in [0.2, 0.25) is 0 Å². The Morgan fingerprint density at radius 2 is 1.60 bits per heavy atom. The second-order valence-corrected chi connectivity index (χ2v) is 11.6. The van der Waals surface area contributed by atoms with E-state index >= 15 is 0 Å². The van der Waals surface area contributed by atoms with Crippen molar-refractivity contribution < 1.29 is 29.2 Å². The molecule has 0 radical (unpaired) electrons. The Morgan fingerprint density at radius 1 is 1.05 bits per heavy atom. The minimum Gasteiger partial charge on any atom is -0.414 e. The summed E-state index contributed by atoms with van der Waals surface area (Å²) in [6.45, 7) is 10.7. The molecular formula is C13H28O6Si. The number of rotatable bonds is 4. The van der Waals surface area contributed by atoms with Crippen LogP contribution in [0.1, 0.15) is 20.8 Å². The monoisotopic (exact) mass is 308 g/mol. The summed E-state index contributed by atoms with van der Waals surface area (Å²) in [6.07, 6.45) is -5.43. The van der Waals surface area contributed by atoms with Crippen molar-refractivity contribution in [3.05, 3.63) is 0 Å². The van der Waals surface area contributed by atoms with Gasteiger partial charge in [-0.25, -0.2) is 0 Å². The van der Waals surface area contributed by atoms with Crippen LogP contribution in [0, 0.1) is 0 Å². The molecule has 0 bridgehead atoms. The van der Waals surface area contributed by atoms with Gasteiger partial charge >= 0.3 is 0 Å². The largest absolute Gasteiger partial charge is 0.414 e. The predicted octanol–water partition coefficient (Wildman–Crippen LogP) is 0.462. The second kappa shape index (κ2) is 6.39. The van der Waals surface area contributed by atoms with Crippen LogP contribution in [0.25, 0.3) is 0 Å². The van der Waals surface area contributed by atoms with Gasteiger partial charge in [-0.3, -0.25) is 0 Å². The van der Waals surface area contributed by atoms with E-state index in [1.807, 2.05) is 0 Å². The minimum absolute atomic E-state index is 0.0470. The SMILES string of the molecule is COC1OC(CO[Si](C)(C)C(C)(C)C)C(O)C(O)C1O. The summed E-state index contributed by atoms with van der Waals surface area (Å²) in [6, 6.07) is 0. The Morgan fingerprint density at radius 3 is 2.05 bits per heavy atom. The maximum absolute atomic E-state index is 9.97. The van der Waals surface area contributed by atoms with Crippen LogP contribution in [0.5, 0.6) is 0 Å². The first-order valence-corrected chi connectivity index (χ1v) is 9.78. The highest BCUT2D eigenvalue weighted by molar-refractivity contribution is 6.74. The predicted molar refractivity (Wildman–Crippen MR) is 76.8 cm³/mol. The highest BCUT2D eigenvalue weighted by atomic mass is 28.4. The lowest BCUT2D eigenvalue weighted by Gasteiger charge is -2.42. The van der Waals surface area contributed by atoms with Crippen molar-refractivity contribution in [1.29, 1.82) is 0 Å². The lowest BCUT2D eigenvalue weighted by molar-refractivity contribution is -0.293. The zero-order valence-corrected chi connectivity index (χ0v) is 14.2. The van der Waals surface area contributed by atoms with E-state index in [4.69, 9.17) is 13.9 Å². The van der Waals surface area contributed by atoms with E-state index in [1.54, 1.807) is 0 Å². The van der Waals surface area contributed by atoms with Crippen LogP contribution in [0.2, 0.25) is 18.1 Å². The highest BCUT2D eigenvalue weighted by Crippen LogP contribution is 2.37. The van der Waals surface area contributed by atoms with E-state index < -0.39 is 39.0 Å². The van der Waals surface area contributed by atoms with Gasteiger partial charge < -0.3 is 29.2 Å². The van der Waals surface area contributed by atoms with Crippen LogP contribution in [-0.4, -0.2) is 68.1 Å². The lowest BCUT2D eigenvalue weighted by Crippen LogP contribution is -2.60. The number of hydrogen-bond acceptors (Lipinski definition) is 6. The van der Waals surface area contributed by atoms with Crippen LogP contribution in [0.3, 0.4) is 0 Å². The molecule has 6 nitrogen and oxygen atoms in total. The molecule has 0 aliphatic carbocycles. The Labute approximate surface area is 121 Å².